The fourth-order valence-corrected chi connectivity index (χ4v) is 2.92. The number of carboxylic acids is 1. The van der Waals surface area contributed by atoms with Crippen molar-refractivity contribution in [1.29, 1.82) is 0 Å². The predicted molar refractivity (Wildman–Crippen MR) is 74.9 cm³/mol. The van der Waals surface area contributed by atoms with Crippen molar-refractivity contribution in [1.82, 2.24) is 15.0 Å². The molecule has 0 radical (unpaired) electrons. The lowest BCUT2D eigenvalue weighted by Gasteiger charge is -2.33. The van der Waals surface area contributed by atoms with Gasteiger partial charge >= 0.3 is 5.97 Å². The molecule has 1 aliphatic rings. The van der Waals surface area contributed by atoms with Gasteiger partial charge in [0.2, 0.25) is 0 Å². The van der Waals surface area contributed by atoms with Gasteiger partial charge in [-0.25, -0.2) is 0 Å². The van der Waals surface area contributed by atoms with E-state index in [9.17, 15) is 4.79 Å². The number of hydrogen-bond acceptors (Lipinski definition) is 7. The first kappa shape index (κ1) is 14.2. The van der Waals surface area contributed by atoms with Crippen LogP contribution in [0.15, 0.2) is 21.3 Å². The van der Waals surface area contributed by atoms with Crippen LogP contribution in [0.2, 0.25) is 0 Å². The third kappa shape index (κ3) is 3.46. The van der Waals surface area contributed by atoms with E-state index in [-0.39, 0.29) is 12.5 Å². The van der Waals surface area contributed by atoms with Crippen LogP contribution in [0.1, 0.15) is 12.2 Å². The van der Waals surface area contributed by atoms with Crippen molar-refractivity contribution in [3.8, 4) is 11.5 Å². The number of hydrogen-bond donors (Lipinski definition) is 1. The van der Waals surface area contributed by atoms with Gasteiger partial charge in [0.1, 0.15) is 0 Å². The third-order valence-electron chi connectivity index (χ3n) is 3.34. The van der Waals surface area contributed by atoms with Gasteiger partial charge in [0.05, 0.1) is 31.7 Å². The van der Waals surface area contributed by atoms with Gasteiger partial charge < -0.3 is 14.4 Å². The normalized spacial score (nSPS) is 19.7. The highest BCUT2D eigenvalue weighted by Crippen LogP contribution is 2.21. The zero-order valence-corrected chi connectivity index (χ0v) is 12.1. The van der Waals surface area contributed by atoms with E-state index in [0.29, 0.717) is 38.0 Å². The molecule has 112 valence electrons. The minimum atomic E-state index is -0.831. The van der Waals surface area contributed by atoms with Crippen molar-refractivity contribution in [3.05, 3.63) is 22.7 Å². The van der Waals surface area contributed by atoms with E-state index < -0.39 is 5.97 Å². The number of nitrogens with zero attached hydrogens (tertiary/aromatic N) is 3. The molecule has 3 rings (SSSR count). The van der Waals surface area contributed by atoms with E-state index in [1.165, 1.54) is 0 Å². The zero-order valence-electron chi connectivity index (χ0n) is 11.3. The van der Waals surface area contributed by atoms with E-state index in [1.807, 2.05) is 21.7 Å². The van der Waals surface area contributed by atoms with Crippen molar-refractivity contribution < 1.29 is 19.2 Å². The summed E-state index contributed by atoms with van der Waals surface area (Å²) in [5.74, 6) is 0.227. The highest BCUT2D eigenvalue weighted by Gasteiger charge is 2.26. The Hall–Kier alpha value is -1.77. The Balaban J connectivity index is 1.68. The SMILES string of the molecule is O=C(O)CC1COCCN1Cc1noc(-c2ccsc2)n1. The summed E-state index contributed by atoms with van der Waals surface area (Å²) < 4.78 is 10.6. The molecule has 1 unspecified atom stereocenters. The average Bonchev–Trinajstić information content (AvgIpc) is 3.11. The van der Waals surface area contributed by atoms with Crippen LogP contribution < -0.4 is 0 Å². The second kappa shape index (κ2) is 6.33. The Bertz CT molecular complexity index is 598. The van der Waals surface area contributed by atoms with Crippen molar-refractivity contribution in [2.75, 3.05) is 19.8 Å². The van der Waals surface area contributed by atoms with Gasteiger partial charge in [0.25, 0.3) is 5.89 Å². The maximum absolute atomic E-state index is 10.9. The second-order valence-electron chi connectivity index (χ2n) is 4.82. The second-order valence-corrected chi connectivity index (χ2v) is 5.60. The van der Waals surface area contributed by atoms with Crippen LogP contribution in [0.3, 0.4) is 0 Å². The van der Waals surface area contributed by atoms with Gasteiger partial charge in [0.15, 0.2) is 5.82 Å². The molecule has 0 bridgehead atoms. The van der Waals surface area contributed by atoms with Gasteiger partial charge in [-0.3, -0.25) is 9.69 Å². The average molecular weight is 309 g/mol. The molecule has 0 aliphatic carbocycles. The van der Waals surface area contributed by atoms with E-state index in [1.54, 1.807) is 11.3 Å². The molecular weight excluding hydrogens is 294 g/mol. The predicted octanol–water partition coefficient (Wildman–Crippen LogP) is 1.47. The lowest BCUT2D eigenvalue weighted by molar-refractivity contribution is -0.140. The fourth-order valence-electron chi connectivity index (χ4n) is 2.29. The van der Waals surface area contributed by atoms with Crippen LogP contribution in [-0.4, -0.2) is 51.9 Å². The molecule has 8 heteroatoms. The van der Waals surface area contributed by atoms with Gasteiger partial charge in [-0.1, -0.05) is 5.16 Å². The molecule has 2 aromatic heterocycles. The summed E-state index contributed by atoms with van der Waals surface area (Å²) in [5.41, 5.74) is 0.905. The number of carboxylic acid groups (broad SMARTS) is 1. The van der Waals surface area contributed by atoms with E-state index in [0.717, 1.165) is 5.56 Å². The zero-order chi connectivity index (χ0) is 14.7. The molecular formula is C13H15N3O4S. The van der Waals surface area contributed by atoms with Crippen LogP contribution in [0.5, 0.6) is 0 Å². The standard InChI is InChI=1S/C13H15N3O4S/c17-12(18)5-10-7-19-3-2-16(10)6-11-14-13(20-15-11)9-1-4-21-8-9/h1,4,8,10H,2-3,5-7H2,(H,17,18). The van der Waals surface area contributed by atoms with E-state index in [2.05, 4.69) is 10.1 Å². The Morgan fingerprint density at radius 3 is 3.24 bits per heavy atom. The van der Waals surface area contributed by atoms with Crippen molar-refractivity contribution >= 4 is 17.3 Å². The summed E-state index contributed by atoms with van der Waals surface area (Å²) in [6.07, 6.45) is 0.0508. The van der Waals surface area contributed by atoms with Crippen molar-refractivity contribution in [2.24, 2.45) is 0 Å². The summed E-state index contributed by atoms with van der Waals surface area (Å²) in [6, 6.07) is 1.77. The number of carbonyl (C=O) groups is 1. The monoisotopic (exact) mass is 309 g/mol. The molecule has 0 aromatic carbocycles. The largest absolute Gasteiger partial charge is 0.481 e. The summed E-state index contributed by atoms with van der Waals surface area (Å²) in [7, 11) is 0. The third-order valence-corrected chi connectivity index (χ3v) is 4.02. The summed E-state index contributed by atoms with van der Waals surface area (Å²) in [5, 5.41) is 16.8. The van der Waals surface area contributed by atoms with E-state index >= 15 is 0 Å². The smallest absolute Gasteiger partial charge is 0.305 e. The highest BCUT2D eigenvalue weighted by atomic mass is 32.1. The van der Waals surface area contributed by atoms with Gasteiger partial charge in [-0.15, -0.1) is 0 Å². The molecule has 21 heavy (non-hydrogen) atoms. The fraction of sp³-hybridized carbons (Fsp3) is 0.462. The quantitative estimate of drug-likeness (QED) is 0.894. The van der Waals surface area contributed by atoms with Crippen LogP contribution in [-0.2, 0) is 16.1 Å². The highest BCUT2D eigenvalue weighted by molar-refractivity contribution is 7.08. The molecule has 1 saturated heterocycles. The summed E-state index contributed by atoms with van der Waals surface area (Å²) in [6.45, 7) is 2.14. The molecule has 1 aliphatic heterocycles. The first-order valence-electron chi connectivity index (χ1n) is 6.61. The lowest BCUT2D eigenvalue weighted by Crippen LogP contribution is -2.46. The first-order chi connectivity index (χ1) is 10.2. The van der Waals surface area contributed by atoms with Crippen LogP contribution in [0, 0.1) is 0 Å². The van der Waals surface area contributed by atoms with Gasteiger partial charge in [-0.2, -0.15) is 16.3 Å². The molecule has 7 nitrogen and oxygen atoms in total. The molecule has 3 heterocycles. The minimum Gasteiger partial charge on any atom is -0.481 e. The van der Waals surface area contributed by atoms with E-state index in [4.69, 9.17) is 14.4 Å². The van der Waals surface area contributed by atoms with Crippen molar-refractivity contribution in [2.45, 2.75) is 19.0 Å². The maximum atomic E-state index is 10.9. The molecule has 1 atom stereocenters. The molecule has 0 amide bonds. The molecule has 0 saturated carbocycles. The molecule has 2 aromatic rings. The van der Waals surface area contributed by atoms with Crippen molar-refractivity contribution in [3.63, 3.8) is 0 Å². The molecule has 1 N–H and O–H groups in total. The Morgan fingerprint density at radius 2 is 2.48 bits per heavy atom. The number of aliphatic carboxylic acids is 1. The van der Waals surface area contributed by atoms with Crippen LogP contribution in [0.4, 0.5) is 0 Å². The van der Waals surface area contributed by atoms with Crippen LogP contribution >= 0.6 is 11.3 Å². The summed E-state index contributed by atoms with van der Waals surface area (Å²) >= 11 is 1.57. The first-order valence-corrected chi connectivity index (χ1v) is 7.55. The number of thiophene rings is 1. The number of ether oxygens (including phenoxy) is 1. The Morgan fingerprint density at radius 1 is 1.57 bits per heavy atom. The van der Waals surface area contributed by atoms with Gasteiger partial charge in [0, 0.05) is 18.0 Å². The van der Waals surface area contributed by atoms with Crippen LogP contribution in [0.25, 0.3) is 11.5 Å². The number of aromatic nitrogens is 2. The maximum Gasteiger partial charge on any atom is 0.305 e. The lowest BCUT2D eigenvalue weighted by atomic mass is 10.1. The Kier molecular flexibility index (Phi) is 4.28. The number of morpholine rings is 1. The minimum absolute atomic E-state index is 0.0508. The molecule has 0 spiro atoms. The summed E-state index contributed by atoms with van der Waals surface area (Å²) in [4.78, 5) is 17.3. The topological polar surface area (TPSA) is 88.7 Å². The molecule has 1 fully saturated rings. The Labute approximate surface area is 125 Å². The number of rotatable bonds is 5. The van der Waals surface area contributed by atoms with Gasteiger partial charge in [-0.05, 0) is 11.4 Å².